The molecule has 2 nitrogen and oxygen atoms in total. The molecule has 100 valence electrons. The fraction of sp³-hybridized carbons (Fsp3) is 0.222. The first-order valence-electron chi connectivity index (χ1n) is 7.18. The van der Waals surface area contributed by atoms with E-state index in [9.17, 15) is 0 Å². The van der Waals surface area contributed by atoms with Gasteiger partial charge in [-0.3, -0.25) is 0 Å². The van der Waals surface area contributed by atoms with E-state index in [0.717, 1.165) is 12.8 Å². The summed E-state index contributed by atoms with van der Waals surface area (Å²) in [4.78, 5) is 0. The molecule has 2 heteroatoms. The summed E-state index contributed by atoms with van der Waals surface area (Å²) in [6, 6.07) is 17.6. The van der Waals surface area contributed by atoms with Gasteiger partial charge in [-0.25, -0.2) is 0 Å². The topological polar surface area (TPSA) is 52.0 Å². The van der Waals surface area contributed by atoms with Crippen LogP contribution in [0.2, 0.25) is 0 Å². The number of fused-ring (bicyclic) bond motifs is 5. The van der Waals surface area contributed by atoms with Gasteiger partial charge in [-0.05, 0) is 45.5 Å². The van der Waals surface area contributed by atoms with Crippen LogP contribution < -0.4 is 11.5 Å². The second kappa shape index (κ2) is 4.30. The summed E-state index contributed by atoms with van der Waals surface area (Å²) in [5, 5.41) is 5.21. The van der Waals surface area contributed by atoms with Gasteiger partial charge in [-0.1, -0.05) is 48.5 Å². The third kappa shape index (κ3) is 1.65. The van der Waals surface area contributed by atoms with Crippen molar-refractivity contribution in [1.82, 2.24) is 0 Å². The highest BCUT2D eigenvalue weighted by atomic mass is 14.7. The number of hydrogen-bond acceptors (Lipinski definition) is 2. The van der Waals surface area contributed by atoms with Crippen molar-refractivity contribution in [1.29, 1.82) is 0 Å². The Hall–Kier alpha value is -1.90. The summed E-state index contributed by atoms with van der Waals surface area (Å²) < 4.78 is 0. The van der Waals surface area contributed by atoms with Crippen LogP contribution in [0.1, 0.15) is 23.6 Å². The zero-order chi connectivity index (χ0) is 13.7. The number of benzene rings is 3. The Morgan fingerprint density at radius 1 is 0.800 bits per heavy atom. The Balaban J connectivity index is 2.09. The molecule has 4 N–H and O–H groups in total. The molecule has 1 aliphatic carbocycles. The average molecular weight is 262 g/mol. The van der Waals surface area contributed by atoms with Crippen LogP contribution in [-0.2, 0) is 6.42 Å². The van der Waals surface area contributed by atoms with Gasteiger partial charge in [0.1, 0.15) is 0 Å². The molecular formula is C18H18N2. The van der Waals surface area contributed by atoms with Crippen molar-refractivity contribution in [2.45, 2.75) is 24.9 Å². The Morgan fingerprint density at radius 3 is 2.50 bits per heavy atom. The fourth-order valence-corrected chi connectivity index (χ4v) is 3.54. The smallest absolute Gasteiger partial charge is 0.0312 e. The maximum absolute atomic E-state index is 6.26. The van der Waals surface area contributed by atoms with Gasteiger partial charge in [0.25, 0.3) is 0 Å². The predicted octanol–water partition coefficient (Wildman–Crippen LogP) is 3.27. The molecule has 3 aromatic carbocycles. The second-order valence-corrected chi connectivity index (χ2v) is 5.82. The Bertz CT molecular complexity index is 807. The van der Waals surface area contributed by atoms with Crippen molar-refractivity contribution in [2.75, 3.05) is 0 Å². The highest BCUT2D eigenvalue weighted by Crippen LogP contribution is 2.35. The first-order chi connectivity index (χ1) is 9.74. The lowest BCUT2D eigenvalue weighted by molar-refractivity contribution is 0.502. The largest absolute Gasteiger partial charge is 0.327 e. The van der Waals surface area contributed by atoms with Gasteiger partial charge in [0.2, 0.25) is 0 Å². The summed E-state index contributed by atoms with van der Waals surface area (Å²) >= 11 is 0. The van der Waals surface area contributed by atoms with Crippen LogP contribution in [0, 0.1) is 0 Å². The van der Waals surface area contributed by atoms with E-state index in [-0.39, 0.29) is 12.1 Å². The van der Waals surface area contributed by atoms with Crippen molar-refractivity contribution in [3.05, 3.63) is 59.7 Å². The monoisotopic (exact) mass is 262 g/mol. The van der Waals surface area contributed by atoms with E-state index in [1.54, 1.807) is 0 Å². The molecule has 0 aromatic heterocycles. The van der Waals surface area contributed by atoms with E-state index in [1.165, 1.54) is 32.7 Å². The first-order valence-corrected chi connectivity index (χ1v) is 7.18. The summed E-state index contributed by atoms with van der Waals surface area (Å²) in [5.41, 5.74) is 15.0. The van der Waals surface area contributed by atoms with Crippen LogP contribution in [0.3, 0.4) is 0 Å². The quantitative estimate of drug-likeness (QED) is 0.611. The lowest BCUT2D eigenvalue weighted by atomic mass is 9.82. The first kappa shape index (κ1) is 11.9. The minimum Gasteiger partial charge on any atom is -0.327 e. The highest BCUT2D eigenvalue weighted by molar-refractivity contribution is 6.08. The van der Waals surface area contributed by atoms with Gasteiger partial charge in [0, 0.05) is 12.1 Å². The Kier molecular flexibility index (Phi) is 2.56. The minimum absolute atomic E-state index is 0.0737. The molecule has 0 amide bonds. The lowest BCUT2D eigenvalue weighted by Gasteiger charge is -2.28. The second-order valence-electron chi connectivity index (χ2n) is 5.82. The zero-order valence-electron chi connectivity index (χ0n) is 11.3. The molecule has 0 saturated heterocycles. The van der Waals surface area contributed by atoms with E-state index < -0.39 is 0 Å². The minimum atomic E-state index is 0.0737. The third-order valence-electron chi connectivity index (χ3n) is 4.50. The molecule has 0 fully saturated rings. The summed E-state index contributed by atoms with van der Waals surface area (Å²) in [6.45, 7) is 0. The summed E-state index contributed by atoms with van der Waals surface area (Å²) in [5.74, 6) is 0. The van der Waals surface area contributed by atoms with Crippen LogP contribution in [-0.4, -0.2) is 6.04 Å². The molecule has 1 aliphatic rings. The standard InChI is InChI=1S/C18H18N2/c19-12-9-17-15-6-5-11-3-1-2-4-13(11)14(15)7-8-16(17)18(20)10-12/h1-8,12,18H,9-10,19-20H2. The van der Waals surface area contributed by atoms with Crippen LogP contribution >= 0.6 is 0 Å². The highest BCUT2D eigenvalue weighted by Gasteiger charge is 2.23. The van der Waals surface area contributed by atoms with Gasteiger partial charge in [0.05, 0.1) is 0 Å². The van der Waals surface area contributed by atoms with Crippen LogP contribution in [0.4, 0.5) is 0 Å². The van der Waals surface area contributed by atoms with Crippen molar-refractivity contribution < 1.29 is 0 Å². The van der Waals surface area contributed by atoms with Crippen molar-refractivity contribution in [3.63, 3.8) is 0 Å². The van der Waals surface area contributed by atoms with Crippen LogP contribution in [0.5, 0.6) is 0 Å². The van der Waals surface area contributed by atoms with E-state index in [1.807, 2.05) is 0 Å². The van der Waals surface area contributed by atoms with E-state index >= 15 is 0 Å². The zero-order valence-corrected chi connectivity index (χ0v) is 11.3. The molecule has 0 bridgehead atoms. The third-order valence-corrected chi connectivity index (χ3v) is 4.50. The normalized spacial score (nSPS) is 22.1. The van der Waals surface area contributed by atoms with Gasteiger partial charge >= 0.3 is 0 Å². The van der Waals surface area contributed by atoms with Gasteiger partial charge in [0.15, 0.2) is 0 Å². The molecule has 20 heavy (non-hydrogen) atoms. The maximum atomic E-state index is 6.26. The molecule has 4 rings (SSSR count). The summed E-state index contributed by atoms with van der Waals surface area (Å²) in [6.07, 6.45) is 1.81. The maximum Gasteiger partial charge on any atom is 0.0312 e. The van der Waals surface area contributed by atoms with Crippen molar-refractivity contribution in [2.24, 2.45) is 11.5 Å². The molecule has 3 aromatic rings. The average Bonchev–Trinajstić information content (AvgIpc) is 2.46. The lowest BCUT2D eigenvalue weighted by Crippen LogP contribution is -2.33. The molecular weight excluding hydrogens is 244 g/mol. The fourth-order valence-electron chi connectivity index (χ4n) is 3.54. The molecule has 2 atom stereocenters. The molecule has 0 spiro atoms. The molecule has 0 radical (unpaired) electrons. The summed E-state index contributed by atoms with van der Waals surface area (Å²) in [7, 11) is 0. The van der Waals surface area contributed by atoms with Crippen LogP contribution in [0.15, 0.2) is 48.5 Å². The van der Waals surface area contributed by atoms with Crippen LogP contribution in [0.25, 0.3) is 21.5 Å². The molecule has 2 unspecified atom stereocenters. The molecule has 0 saturated carbocycles. The number of hydrogen-bond donors (Lipinski definition) is 2. The number of rotatable bonds is 0. The van der Waals surface area contributed by atoms with Gasteiger partial charge < -0.3 is 11.5 Å². The Labute approximate surface area is 118 Å². The predicted molar refractivity (Wildman–Crippen MR) is 84.7 cm³/mol. The Morgan fingerprint density at radius 2 is 1.60 bits per heavy atom. The van der Waals surface area contributed by atoms with E-state index in [0.29, 0.717) is 0 Å². The van der Waals surface area contributed by atoms with Gasteiger partial charge in [-0.2, -0.15) is 0 Å². The number of nitrogens with two attached hydrogens (primary N) is 2. The SMILES string of the molecule is NC1Cc2c(ccc3c2ccc2ccccc23)C(N)C1. The van der Waals surface area contributed by atoms with Crippen molar-refractivity contribution >= 4 is 21.5 Å². The van der Waals surface area contributed by atoms with E-state index in [4.69, 9.17) is 11.5 Å². The van der Waals surface area contributed by atoms with Crippen molar-refractivity contribution in [3.8, 4) is 0 Å². The molecule has 0 aliphatic heterocycles. The van der Waals surface area contributed by atoms with E-state index in [2.05, 4.69) is 48.5 Å². The van der Waals surface area contributed by atoms with Gasteiger partial charge in [-0.15, -0.1) is 0 Å². The molecule has 0 heterocycles.